The molecule has 4 heteroatoms. The third-order valence-corrected chi connectivity index (χ3v) is 12.4. The van der Waals surface area contributed by atoms with Crippen molar-refractivity contribution in [3.63, 3.8) is 0 Å². The van der Waals surface area contributed by atoms with E-state index in [2.05, 4.69) is 152 Å². The molecule has 0 aliphatic rings. The summed E-state index contributed by atoms with van der Waals surface area (Å²) in [5.74, 6) is 1.99. The molecule has 0 atom stereocenters. The standard InChI is InChI=1S/C47H29N3Se/c1-4-13-30(14-5-1)31-23-25-35(26-24-31)46-48-45(34-18-8-3-9-19-34)49-47(50-46)41-29-40-39-22-12-21-37(32-15-6-2-7-16-32)43(39)51-44(40)42-36-20-11-10-17-33(36)27-28-38(41)42/h1-29H. The first kappa shape index (κ1) is 29.7. The summed E-state index contributed by atoms with van der Waals surface area (Å²) in [4.78, 5) is 15.6. The number of nitrogens with zero attached hydrogens (tertiary/aromatic N) is 3. The van der Waals surface area contributed by atoms with Crippen LogP contribution < -0.4 is 0 Å². The van der Waals surface area contributed by atoms with E-state index in [-0.39, 0.29) is 14.5 Å². The first-order chi connectivity index (χ1) is 25.3. The number of aromatic nitrogens is 3. The molecule has 2 aromatic heterocycles. The van der Waals surface area contributed by atoms with Crippen LogP contribution in [0.1, 0.15) is 0 Å². The van der Waals surface area contributed by atoms with E-state index in [0.717, 1.165) is 22.3 Å². The first-order valence-corrected chi connectivity index (χ1v) is 18.8. The molecule has 3 nitrogen and oxygen atoms in total. The summed E-state index contributed by atoms with van der Waals surface area (Å²) in [7, 11) is 0. The van der Waals surface area contributed by atoms with Crippen molar-refractivity contribution < 1.29 is 0 Å². The van der Waals surface area contributed by atoms with E-state index in [1.54, 1.807) is 0 Å². The second kappa shape index (κ2) is 12.3. The van der Waals surface area contributed by atoms with Crippen LogP contribution >= 0.6 is 0 Å². The Balaban J connectivity index is 1.26. The van der Waals surface area contributed by atoms with Gasteiger partial charge in [-0.2, -0.15) is 0 Å². The van der Waals surface area contributed by atoms with Gasteiger partial charge in [-0.3, -0.25) is 0 Å². The van der Waals surface area contributed by atoms with Gasteiger partial charge in [-0.25, -0.2) is 0 Å². The summed E-state index contributed by atoms with van der Waals surface area (Å²) >= 11 is 0.109. The Bertz CT molecular complexity index is 2880. The molecule has 0 saturated heterocycles. The average molecular weight is 715 g/mol. The van der Waals surface area contributed by atoms with Gasteiger partial charge in [0, 0.05) is 0 Å². The quantitative estimate of drug-likeness (QED) is 0.132. The Labute approximate surface area is 301 Å². The zero-order chi connectivity index (χ0) is 33.7. The fourth-order valence-corrected chi connectivity index (χ4v) is 10.2. The third-order valence-electron chi connectivity index (χ3n) is 9.73. The van der Waals surface area contributed by atoms with Crippen LogP contribution in [0.5, 0.6) is 0 Å². The fraction of sp³-hybridized carbons (Fsp3) is 0. The van der Waals surface area contributed by atoms with Crippen molar-refractivity contribution in [2.75, 3.05) is 0 Å². The number of hydrogen-bond acceptors (Lipinski definition) is 3. The van der Waals surface area contributed by atoms with Crippen molar-refractivity contribution in [2.24, 2.45) is 0 Å². The summed E-state index contributed by atoms with van der Waals surface area (Å²) in [5, 5.41) is 7.54. The Morgan fingerprint density at radius 3 is 1.59 bits per heavy atom. The van der Waals surface area contributed by atoms with Crippen molar-refractivity contribution >= 4 is 55.3 Å². The molecule has 0 aliphatic carbocycles. The molecule has 2 heterocycles. The van der Waals surface area contributed by atoms with E-state index >= 15 is 0 Å². The summed E-state index contributed by atoms with van der Waals surface area (Å²) in [6.07, 6.45) is 0. The molecule has 0 fully saturated rings. The first-order valence-electron chi connectivity index (χ1n) is 17.1. The van der Waals surface area contributed by atoms with Crippen molar-refractivity contribution in [2.45, 2.75) is 0 Å². The average Bonchev–Trinajstić information content (AvgIpc) is 3.60. The molecule has 0 N–H and O–H groups in total. The topological polar surface area (TPSA) is 38.7 Å². The molecule has 10 rings (SSSR count). The van der Waals surface area contributed by atoms with Crippen LogP contribution in [0.25, 0.3) is 97.3 Å². The Morgan fingerprint density at radius 2 is 0.863 bits per heavy atom. The molecule has 0 spiro atoms. The summed E-state index contributed by atoms with van der Waals surface area (Å²) in [6, 6.07) is 62.4. The van der Waals surface area contributed by atoms with E-state index in [1.807, 2.05) is 24.3 Å². The maximum absolute atomic E-state index is 5.26. The maximum Gasteiger partial charge on any atom is -0.0544 e. The number of benzene rings is 8. The van der Waals surface area contributed by atoms with Crippen LogP contribution in [0.15, 0.2) is 176 Å². The molecule has 8 aromatic carbocycles. The van der Waals surface area contributed by atoms with Gasteiger partial charge in [0.2, 0.25) is 0 Å². The van der Waals surface area contributed by atoms with E-state index in [0.29, 0.717) is 17.5 Å². The van der Waals surface area contributed by atoms with Gasteiger partial charge in [-0.15, -0.1) is 0 Å². The van der Waals surface area contributed by atoms with Gasteiger partial charge < -0.3 is 0 Å². The van der Waals surface area contributed by atoms with Crippen LogP contribution in [0, 0.1) is 0 Å². The second-order valence-corrected chi connectivity index (χ2v) is 14.9. The predicted octanol–water partition coefficient (Wildman–Crippen LogP) is 11.9. The van der Waals surface area contributed by atoms with Crippen LogP contribution in [0.3, 0.4) is 0 Å². The van der Waals surface area contributed by atoms with E-state index < -0.39 is 0 Å². The van der Waals surface area contributed by atoms with Crippen molar-refractivity contribution in [1.29, 1.82) is 0 Å². The number of fused-ring (bicyclic) bond motifs is 7. The van der Waals surface area contributed by atoms with Crippen LogP contribution in [-0.4, -0.2) is 29.5 Å². The molecule has 10 aromatic rings. The van der Waals surface area contributed by atoms with E-state index in [4.69, 9.17) is 15.0 Å². The second-order valence-electron chi connectivity index (χ2n) is 12.8. The zero-order valence-corrected chi connectivity index (χ0v) is 29.2. The molecule has 0 bridgehead atoms. The molecular weight excluding hydrogens is 685 g/mol. The molecule has 51 heavy (non-hydrogen) atoms. The molecule has 238 valence electrons. The minimum atomic E-state index is 0.109. The van der Waals surface area contributed by atoms with Crippen LogP contribution in [0.2, 0.25) is 0 Å². The molecule has 0 amide bonds. The number of hydrogen-bond donors (Lipinski definition) is 0. The Hall–Kier alpha value is -6.19. The van der Waals surface area contributed by atoms with E-state index in [1.165, 1.54) is 57.5 Å². The molecule has 0 unspecified atom stereocenters. The molecular formula is C47H29N3Se. The molecule has 0 radical (unpaired) electrons. The van der Waals surface area contributed by atoms with Crippen LogP contribution in [-0.2, 0) is 0 Å². The van der Waals surface area contributed by atoms with Crippen molar-refractivity contribution in [1.82, 2.24) is 15.0 Å². The molecule has 0 saturated carbocycles. The summed E-state index contributed by atoms with van der Waals surface area (Å²) in [5.41, 5.74) is 7.83. The van der Waals surface area contributed by atoms with E-state index in [9.17, 15) is 0 Å². The maximum atomic E-state index is 5.26. The number of rotatable bonds is 5. The van der Waals surface area contributed by atoms with Crippen molar-refractivity contribution in [3.05, 3.63) is 176 Å². The summed E-state index contributed by atoms with van der Waals surface area (Å²) < 4.78 is 2.85. The van der Waals surface area contributed by atoms with Gasteiger partial charge in [0.25, 0.3) is 0 Å². The van der Waals surface area contributed by atoms with Gasteiger partial charge in [0.05, 0.1) is 0 Å². The fourth-order valence-electron chi connectivity index (χ4n) is 7.24. The minimum absolute atomic E-state index is 0.109. The largest absolute Gasteiger partial charge is 0.0617 e. The van der Waals surface area contributed by atoms with Gasteiger partial charge in [0.15, 0.2) is 0 Å². The van der Waals surface area contributed by atoms with Gasteiger partial charge >= 0.3 is 272 Å². The van der Waals surface area contributed by atoms with Gasteiger partial charge in [0.1, 0.15) is 0 Å². The smallest absolute Gasteiger partial charge is 0.0544 e. The van der Waals surface area contributed by atoms with Crippen LogP contribution in [0.4, 0.5) is 0 Å². The predicted molar refractivity (Wildman–Crippen MR) is 214 cm³/mol. The van der Waals surface area contributed by atoms with Gasteiger partial charge in [-0.1, -0.05) is 30.3 Å². The Morgan fingerprint density at radius 1 is 0.314 bits per heavy atom. The normalized spacial score (nSPS) is 11.5. The van der Waals surface area contributed by atoms with Gasteiger partial charge in [-0.05, 0) is 0 Å². The molecule has 0 aliphatic heterocycles. The minimum Gasteiger partial charge on any atom is -0.0617 e. The third kappa shape index (κ3) is 5.16. The van der Waals surface area contributed by atoms with Crippen molar-refractivity contribution in [3.8, 4) is 56.4 Å². The zero-order valence-electron chi connectivity index (χ0n) is 27.5. The monoisotopic (exact) mass is 715 g/mol. The Kier molecular flexibility index (Phi) is 7.16. The SMILES string of the molecule is c1ccc(-c2ccc(-c3nc(-c4ccccc4)nc(-c4cc5c6cccc(-c7ccccc7)c6[se]c5c5c4ccc4ccccc45)n3)cc2)cc1. The summed E-state index contributed by atoms with van der Waals surface area (Å²) in [6.45, 7) is 0.